The van der Waals surface area contributed by atoms with Gasteiger partial charge in [-0.3, -0.25) is 4.79 Å². The highest BCUT2D eigenvalue weighted by Crippen LogP contribution is 2.19. The standard InChI is InChI=1S/C13H11FN2O2/c14-10-5-3-9(4-6-10)8-11(13(17)18)12-2-1-7-15-16-12/h1-7,11H,8H2,(H,17,18). The summed E-state index contributed by atoms with van der Waals surface area (Å²) >= 11 is 0. The molecule has 5 heteroatoms. The van der Waals surface area contributed by atoms with Crippen molar-refractivity contribution in [3.63, 3.8) is 0 Å². The van der Waals surface area contributed by atoms with Gasteiger partial charge in [0, 0.05) is 6.20 Å². The molecule has 0 amide bonds. The molecular weight excluding hydrogens is 235 g/mol. The van der Waals surface area contributed by atoms with Crippen LogP contribution in [0, 0.1) is 5.82 Å². The number of rotatable bonds is 4. The fourth-order valence-corrected chi connectivity index (χ4v) is 1.67. The molecule has 1 atom stereocenters. The maximum Gasteiger partial charge on any atom is 0.313 e. The molecule has 0 aliphatic heterocycles. The van der Waals surface area contributed by atoms with Gasteiger partial charge in [0.15, 0.2) is 0 Å². The summed E-state index contributed by atoms with van der Waals surface area (Å²) in [6.07, 6.45) is 1.74. The number of carboxylic acids is 1. The van der Waals surface area contributed by atoms with Crippen LogP contribution in [0.15, 0.2) is 42.6 Å². The number of hydrogen-bond donors (Lipinski definition) is 1. The van der Waals surface area contributed by atoms with E-state index in [0.717, 1.165) is 5.56 Å². The fraction of sp³-hybridized carbons (Fsp3) is 0.154. The molecule has 0 bridgehead atoms. The third-order valence-corrected chi connectivity index (χ3v) is 2.60. The largest absolute Gasteiger partial charge is 0.481 e. The third kappa shape index (κ3) is 2.88. The number of halogens is 1. The van der Waals surface area contributed by atoms with Crippen molar-refractivity contribution in [2.45, 2.75) is 12.3 Å². The first-order valence-electron chi connectivity index (χ1n) is 5.41. The Labute approximate surface area is 103 Å². The second-order valence-corrected chi connectivity index (χ2v) is 3.87. The van der Waals surface area contributed by atoms with E-state index in [1.165, 1.54) is 18.3 Å². The lowest BCUT2D eigenvalue weighted by molar-refractivity contribution is -0.138. The lowest BCUT2D eigenvalue weighted by Gasteiger charge is -2.10. The number of hydrogen-bond acceptors (Lipinski definition) is 3. The second kappa shape index (κ2) is 5.35. The minimum Gasteiger partial charge on any atom is -0.481 e. The Bertz CT molecular complexity index is 528. The molecule has 1 aromatic heterocycles. The van der Waals surface area contributed by atoms with Crippen molar-refractivity contribution in [1.82, 2.24) is 10.2 Å². The lowest BCUT2D eigenvalue weighted by atomic mass is 9.96. The Morgan fingerprint density at radius 3 is 2.56 bits per heavy atom. The molecule has 18 heavy (non-hydrogen) atoms. The summed E-state index contributed by atoms with van der Waals surface area (Å²) in [5.41, 5.74) is 1.14. The molecule has 0 saturated carbocycles. The summed E-state index contributed by atoms with van der Waals surface area (Å²) in [5, 5.41) is 16.7. The van der Waals surface area contributed by atoms with Crippen LogP contribution < -0.4 is 0 Å². The number of benzene rings is 1. The number of nitrogens with zero attached hydrogens (tertiary/aromatic N) is 2. The molecule has 0 saturated heterocycles. The Kier molecular flexibility index (Phi) is 3.62. The van der Waals surface area contributed by atoms with Crippen molar-refractivity contribution in [2.75, 3.05) is 0 Å². The Morgan fingerprint density at radius 2 is 2.00 bits per heavy atom. The highest BCUT2D eigenvalue weighted by Gasteiger charge is 2.21. The van der Waals surface area contributed by atoms with Crippen LogP contribution in [-0.2, 0) is 11.2 Å². The molecule has 0 spiro atoms. The predicted molar refractivity (Wildman–Crippen MR) is 62.5 cm³/mol. The zero-order valence-corrected chi connectivity index (χ0v) is 9.45. The summed E-state index contributed by atoms with van der Waals surface area (Å²) in [6, 6.07) is 9.03. The zero-order valence-electron chi connectivity index (χ0n) is 9.45. The molecular formula is C13H11FN2O2. The number of carboxylic acid groups (broad SMARTS) is 1. The van der Waals surface area contributed by atoms with E-state index in [0.29, 0.717) is 5.69 Å². The van der Waals surface area contributed by atoms with E-state index in [4.69, 9.17) is 0 Å². The van der Waals surface area contributed by atoms with Gasteiger partial charge < -0.3 is 5.11 Å². The maximum atomic E-state index is 12.8. The van der Waals surface area contributed by atoms with Gasteiger partial charge in [-0.2, -0.15) is 10.2 Å². The summed E-state index contributed by atoms with van der Waals surface area (Å²) in [6.45, 7) is 0. The first kappa shape index (κ1) is 12.2. The number of carbonyl (C=O) groups is 1. The SMILES string of the molecule is O=C(O)C(Cc1ccc(F)cc1)c1cccnn1. The van der Waals surface area contributed by atoms with Crippen molar-refractivity contribution in [3.05, 3.63) is 59.7 Å². The van der Waals surface area contributed by atoms with Gasteiger partial charge in [-0.1, -0.05) is 12.1 Å². The van der Waals surface area contributed by atoms with Crippen LogP contribution in [0.5, 0.6) is 0 Å². The van der Waals surface area contributed by atoms with E-state index in [1.807, 2.05) is 0 Å². The van der Waals surface area contributed by atoms with Crippen LogP contribution in [0.3, 0.4) is 0 Å². The van der Waals surface area contributed by atoms with Gasteiger partial charge in [-0.15, -0.1) is 0 Å². The molecule has 1 unspecified atom stereocenters. The van der Waals surface area contributed by atoms with E-state index >= 15 is 0 Å². The first-order chi connectivity index (χ1) is 8.66. The minimum atomic E-state index is -0.972. The first-order valence-corrected chi connectivity index (χ1v) is 5.41. The monoisotopic (exact) mass is 246 g/mol. The summed E-state index contributed by atoms with van der Waals surface area (Å²) in [4.78, 5) is 11.2. The summed E-state index contributed by atoms with van der Waals surface area (Å²) in [5.74, 6) is -2.09. The average molecular weight is 246 g/mol. The van der Waals surface area contributed by atoms with Crippen LogP contribution >= 0.6 is 0 Å². The van der Waals surface area contributed by atoms with Gasteiger partial charge in [-0.05, 0) is 36.2 Å². The van der Waals surface area contributed by atoms with Gasteiger partial charge >= 0.3 is 5.97 Å². The topological polar surface area (TPSA) is 63.1 Å². The maximum absolute atomic E-state index is 12.8. The van der Waals surface area contributed by atoms with E-state index in [9.17, 15) is 14.3 Å². The highest BCUT2D eigenvalue weighted by molar-refractivity contribution is 5.75. The molecule has 0 radical (unpaired) electrons. The van der Waals surface area contributed by atoms with E-state index in [-0.39, 0.29) is 12.2 Å². The van der Waals surface area contributed by atoms with Gasteiger partial charge in [0.1, 0.15) is 11.7 Å². The highest BCUT2D eigenvalue weighted by atomic mass is 19.1. The van der Waals surface area contributed by atoms with Gasteiger partial charge in [0.2, 0.25) is 0 Å². The third-order valence-electron chi connectivity index (χ3n) is 2.60. The van der Waals surface area contributed by atoms with E-state index in [1.54, 1.807) is 24.3 Å². The van der Waals surface area contributed by atoms with Crippen molar-refractivity contribution >= 4 is 5.97 Å². The van der Waals surface area contributed by atoms with Crippen LogP contribution in [0.4, 0.5) is 4.39 Å². The van der Waals surface area contributed by atoms with Crippen LogP contribution in [-0.4, -0.2) is 21.3 Å². The number of aliphatic carboxylic acids is 1. The predicted octanol–water partition coefficient (Wildman–Crippen LogP) is 2.03. The molecule has 1 heterocycles. The smallest absolute Gasteiger partial charge is 0.313 e. The summed E-state index contributed by atoms with van der Waals surface area (Å²) < 4.78 is 12.8. The lowest BCUT2D eigenvalue weighted by Crippen LogP contribution is -2.16. The molecule has 1 aromatic carbocycles. The van der Waals surface area contributed by atoms with Gasteiger partial charge in [0.05, 0.1) is 5.69 Å². The Balaban J connectivity index is 2.22. The van der Waals surface area contributed by atoms with Crippen molar-refractivity contribution in [2.24, 2.45) is 0 Å². The molecule has 4 nitrogen and oxygen atoms in total. The minimum absolute atomic E-state index is 0.258. The fourth-order valence-electron chi connectivity index (χ4n) is 1.67. The van der Waals surface area contributed by atoms with E-state index < -0.39 is 11.9 Å². The quantitative estimate of drug-likeness (QED) is 0.896. The molecule has 0 fully saturated rings. The van der Waals surface area contributed by atoms with Crippen molar-refractivity contribution in [1.29, 1.82) is 0 Å². The normalized spacial score (nSPS) is 12.1. The van der Waals surface area contributed by atoms with Crippen molar-refractivity contribution in [3.8, 4) is 0 Å². The molecule has 2 aromatic rings. The summed E-state index contributed by atoms with van der Waals surface area (Å²) in [7, 11) is 0. The second-order valence-electron chi connectivity index (χ2n) is 3.87. The van der Waals surface area contributed by atoms with Crippen LogP contribution in [0.2, 0.25) is 0 Å². The molecule has 0 aliphatic rings. The van der Waals surface area contributed by atoms with Crippen LogP contribution in [0.25, 0.3) is 0 Å². The van der Waals surface area contributed by atoms with E-state index in [2.05, 4.69) is 10.2 Å². The Morgan fingerprint density at radius 1 is 1.28 bits per heavy atom. The Hall–Kier alpha value is -2.30. The zero-order chi connectivity index (χ0) is 13.0. The van der Waals surface area contributed by atoms with Crippen LogP contribution in [0.1, 0.15) is 17.2 Å². The van der Waals surface area contributed by atoms with Gasteiger partial charge in [0.25, 0.3) is 0 Å². The average Bonchev–Trinajstić information content (AvgIpc) is 2.38. The van der Waals surface area contributed by atoms with Gasteiger partial charge in [-0.25, -0.2) is 4.39 Å². The molecule has 92 valence electrons. The molecule has 2 rings (SSSR count). The molecule has 1 N–H and O–H groups in total. The number of aromatic nitrogens is 2. The molecule has 0 aliphatic carbocycles. The van der Waals surface area contributed by atoms with Crippen molar-refractivity contribution < 1.29 is 14.3 Å².